The highest BCUT2D eigenvalue weighted by molar-refractivity contribution is 6.04. The quantitative estimate of drug-likeness (QED) is 0.410. The number of carbonyl (C=O) groups is 3. The first kappa shape index (κ1) is 18.2. The molecule has 0 N–H and O–H groups in total. The molecular formula is C17H24O5. The molecule has 0 radical (unpaired) electrons. The molecular weight excluding hydrogens is 284 g/mol. The van der Waals surface area contributed by atoms with E-state index in [2.05, 4.69) is 5.92 Å². The molecule has 2 atom stereocenters. The van der Waals surface area contributed by atoms with Crippen LogP contribution in [0.1, 0.15) is 58.8 Å². The molecule has 0 aliphatic heterocycles. The van der Waals surface area contributed by atoms with Crippen LogP contribution in [0, 0.1) is 17.8 Å². The van der Waals surface area contributed by atoms with Gasteiger partial charge in [0.15, 0.2) is 6.10 Å². The van der Waals surface area contributed by atoms with Crippen molar-refractivity contribution in [2.45, 2.75) is 64.9 Å². The molecule has 5 heteroatoms. The van der Waals surface area contributed by atoms with Crippen LogP contribution in [0.2, 0.25) is 0 Å². The predicted octanol–water partition coefficient (Wildman–Crippen LogP) is 2.41. The number of terminal acetylenes is 1. The monoisotopic (exact) mass is 308 g/mol. The van der Waals surface area contributed by atoms with E-state index in [4.69, 9.17) is 15.9 Å². The lowest BCUT2D eigenvalue weighted by Gasteiger charge is -2.33. The normalized spacial score (nSPS) is 22.5. The van der Waals surface area contributed by atoms with Gasteiger partial charge >= 0.3 is 11.9 Å². The number of rotatable bonds is 7. The first-order chi connectivity index (χ1) is 10.5. The van der Waals surface area contributed by atoms with Crippen molar-refractivity contribution in [3.63, 3.8) is 0 Å². The van der Waals surface area contributed by atoms with E-state index in [-0.39, 0.29) is 12.4 Å². The summed E-state index contributed by atoms with van der Waals surface area (Å²) < 4.78 is 10.1. The van der Waals surface area contributed by atoms with Crippen LogP contribution in [0.5, 0.6) is 0 Å². The van der Waals surface area contributed by atoms with E-state index in [9.17, 15) is 14.4 Å². The molecule has 0 aromatic carbocycles. The smallest absolute Gasteiger partial charge is 0.319 e. The SMILES string of the molecule is C#CC(CCCC1(C(=O)OCC)CCCCC1=O)OC(C)=O. The van der Waals surface area contributed by atoms with E-state index in [1.165, 1.54) is 6.92 Å². The molecule has 1 rings (SSSR count). The molecule has 0 amide bonds. The lowest BCUT2D eigenvalue weighted by Crippen LogP contribution is -2.43. The van der Waals surface area contributed by atoms with Gasteiger partial charge in [0, 0.05) is 13.3 Å². The van der Waals surface area contributed by atoms with E-state index < -0.39 is 23.5 Å². The molecule has 0 heterocycles. The third kappa shape index (κ3) is 4.59. The fourth-order valence-electron chi connectivity index (χ4n) is 2.91. The first-order valence-electron chi connectivity index (χ1n) is 7.80. The van der Waals surface area contributed by atoms with E-state index in [1.807, 2.05) is 0 Å². The molecule has 5 nitrogen and oxygen atoms in total. The van der Waals surface area contributed by atoms with Crippen molar-refractivity contribution in [3.8, 4) is 12.3 Å². The van der Waals surface area contributed by atoms with Gasteiger partial charge in [0.05, 0.1) is 6.61 Å². The fraction of sp³-hybridized carbons (Fsp3) is 0.706. The van der Waals surface area contributed by atoms with Crippen molar-refractivity contribution in [1.29, 1.82) is 0 Å². The summed E-state index contributed by atoms with van der Waals surface area (Å²) in [4.78, 5) is 35.6. The highest BCUT2D eigenvalue weighted by atomic mass is 16.5. The molecule has 1 saturated carbocycles. The summed E-state index contributed by atoms with van der Waals surface area (Å²) in [6, 6.07) is 0. The molecule has 1 fully saturated rings. The van der Waals surface area contributed by atoms with Crippen molar-refractivity contribution in [3.05, 3.63) is 0 Å². The Kier molecular flexibility index (Phi) is 7.10. The minimum Gasteiger partial charge on any atom is -0.465 e. The standard InChI is InChI=1S/C17H24O5/c1-4-14(22-13(3)18)9-8-12-17(16(20)21-5-2)11-7-6-10-15(17)19/h1,14H,5-12H2,2-3H3. The molecule has 1 aliphatic rings. The summed E-state index contributed by atoms with van der Waals surface area (Å²) >= 11 is 0. The fourth-order valence-corrected chi connectivity index (χ4v) is 2.91. The summed E-state index contributed by atoms with van der Waals surface area (Å²) in [6.07, 6.45) is 8.67. The van der Waals surface area contributed by atoms with Gasteiger partial charge in [-0.2, -0.15) is 0 Å². The summed E-state index contributed by atoms with van der Waals surface area (Å²) in [6.45, 7) is 3.29. The summed E-state index contributed by atoms with van der Waals surface area (Å²) in [5.74, 6) is 1.51. The topological polar surface area (TPSA) is 69.7 Å². The maximum absolute atomic E-state index is 12.3. The molecule has 22 heavy (non-hydrogen) atoms. The summed E-state index contributed by atoms with van der Waals surface area (Å²) in [7, 11) is 0. The van der Waals surface area contributed by atoms with Crippen molar-refractivity contribution in [1.82, 2.24) is 0 Å². The van der Waals surface area contributed by atoms with Crippen molar-refractivity contribution in [2.75, 3.05) is 6.61 Å². The summed E-state index contributed by atoms with van der Waals surface area (Å²) in [5.41, 5.74) is -1.04. The van der Waals surface area contributed by atoms with Crippen LogP contribution >= 0.6 is 0 Å². The van der Waals surface area contributed by atoms with Crippen LogP contribution in [0.25, 0.3) is 0 Å². The van der Waals surface area contributed by atoms with Crippen LogP contribution in [-0.4, -0.2) is 30.4 Å². The van der Waals surface area contributed by atoms with Gasteiger partial charge in [0.1, 0.15) is 11.2 Å². The second-order valence-electron chi connectivity index (χ2n) is 5.59. The highest BCUT2D eigenvalue weighted by Crippen LogP contribution is 2.39. The highest BCUT2D eigenvalue weighted by Gasteiger charge is 2.47. The Hall–Kier alpha value is -1.83. The summed E-state index contributed by atoms with van der Waals surface area (Å²) in [5, 5.41) is 0. The Morgan fingerprint density at radius 1 is 1.41 bits per heavy atom. The molecule has 1 aliphatic carbocycles. The van der Waals surface area contributed by atoms with Gasteiger partial charge in [-0.05, 0) is 39.0 Å². The average molecular weight is 308 g/mol. The van der Waals surface area contributed by atoms with Crippen LogP contribution in [-0.2, 0) is 23.9 Å². The van der Waals surface area contributed by atoms with Gasteiger partial charge in [-0.25, -0.2) is 0 Å². The number of hydrogen-bond donors (Lipinski definition) is 0. The van der Waals surface area contributed by atoms with Gasteiger partial charge in [0.2, 0.25) is 0 Å². The Morgan fingerprint density at radius 2 is 2.14 bits per heavy atom. The molecule has 0 aromatic rings. The number of ether oxygens (including phenoxy) is 2. The number of hydrogen-bond acceptors (Lipinski definition) is 5. The lowest BCUT2D eigenvalue weighted by molar-refractivity contribution is -0.163. The maximum Gasteiger partial charge on any atom is 0.319 e. The van der Waals surface area contributed by atoms with Gasteiger partial charge in [0.25, 0.3) is 0 Å². The largest absolute Gasteiger partial charge is 0.465 e. The second-order valence-corrected chi connectivity index (χ2v) is 5.59. The van der Waals surface area contributed by atoms with Gasteiger partial charge in [-0.15, -0.1) is 6.42 Å². The minimum absolute atomic E-state index is 0.0399. The zero-order chi connectivity index (χ0) is 16.6. The van der Waals surface area contributed by atoms with Gasteiger partial charge < -0.3 is 9.47 Å². The zero-order valence-corrected chi connectivity index (χ0v) is 13.4. The van der Waals surface area contributed by atoms with E-state index in [0.717, 1.165) is 12.8 Å². The molecule has 0 saturated heterocycles. The van der Waals surface area contributed by atoms with Crippen molar-refractivity contribution >= 4 is 17.7 Å². The van der Waals surface area contributed by atoms with Crippen LogP contribution < -0.4 is 0 Å². The Bertz CT molecular complexity index is 462. The Balaban J connectivity index is 2.70. The second kappa shape index (κ2) is 8.57. The number of esters is 2. The first-order valence-corrected chi connectivity index (χ1v) is 7.80. The third-order valence-corrected chi connectivity index (χ3v) is 4.02. The number of Topliss-reactive ketones (excluding diaryl/α,β-unsaturated/α-hetero) is 1. The minimum atomic E-state index is -1.04. The van der Waals surface area contributed by atoms with Crippen LogP contribution in [0.15, 0.2) is 0 Å². The maximum atomic E-state index is 12.3. The molecule has 0 spiro atoms. The van der Waals surface area contributed by atoms with E-state index >= 15 is 0 Å². The Morgan fingerprint density at radius 3 is 2.68 bits per heavy atom. The zero-order valence-electron chi connectivity index (χ0n) is 13.4. The molecule has 122 valence electrons. The van der Waals surface area contributed by atoms with Gasteiger partial charge in [-0.3, -0.25) is 14.4 Å². The van der Waals surface area contributed by atoms with Crippen LogP contribution in [0.3, 0.4) is 0 Å². The molecule has 2 unspecified atom stereocenters. The average Bonchev–Trinajstić information content (AvgIpc) is 2.48. The van der Waals surface area contributed by atoms with Crippen LogP contribution in [0.4, 0.5) is 0 Å². The lowest BCUT2D eigenvalue weighted by atomic mass is 9.70. The number of carbonyl (C=O) groups excluding carboxylic acids is 3. The third-order valence-electron chi connectivity index (χ3n) is 4.02. The molecule has 0 aromatic heterocycles. The van der Waals surface area contributed by atoms with E-state index in [1.54, 1.807) is 6.92 Å². The predicted molar refractivity (Wildman–Crippen MR) is 80.8 cm³/mol. The van der Waals surface area contributed by atoms with E-state index in [0.29, 0.717) is 32.1 Å². The number of ketones is 1. The van der Waals surface area contributed by atoms with Crippen molar-refractivity contribution in [2.24, 2.45) is 5.41 Å². The Labute approximate surface area is 131 Å². The van der Waals surface area contributed by atoms with Crippen molar-refractivity contribution < 1.29 is 23.9 Å². The molecule has 0 bridgehead atoms. The van der Waals surface area contributed by atoms with Gasteiger partial charge in [-0.1, -0.05) is 12.3 Å².